The predicted octanol–water partition coefficient (Wildman–Crippen LogP) is 3.12. The quantitative estimate of drug-likeness (QED) is 0.411. The van der Waals surface area contributed by atoms with Crippen LogP contribution in [0.4, 0.5) is 17.6 Å². The van der Waals surface area contributed by atoms with Crippen LogP contribution in [0.15, 0.2) is 33.2 Å². The van der Waals surface area contributed by atoms with Gasteiger partial charge in [-0.3, -0.25) is 0 Å². The molecule has 66 valence electrons. The van der Waals surface area contributed by atoms with E-state index in [2.05, 4.69) is 0 Å². The van der Waals surface area contributed by atoms with E-state index in [1.165, 1.54) is 22.6 Å². The molecule has 0 spiro atoms. The number of halogens is 5. The summed E-state index contributed by atoms with van der Waals surface area (Å²) >= 11 is 1.24. The zero-order valence-corrected chi connectivity index (χ0v) is 7.62. The van der Waals surface area contributed by atoms with Gasteiger partial charge in [0.25, 0.3) is 0 Å². The van der Waals surface area contributed by atoms with E-state index in [1.54, 1.807) is 5.32 Å². The van der Waals surface area contributed by atoms with Gasteiger partial charge in [0.1, 0.15) is 0 Å². The molecule has 0 aliphatic carbocycles. The summed E-state index contributed by atoms with van der Waals surface area (Å²) in [5, 5.41) is 1.62. The zero-order chi connectivity index (χ0) is 9.30. The first kappa shape index (κ1) is 9.56. The highest BCUT2D eigenvalue weighted by Crippen LogP contribution is 2.32. The second-order valence-electron chi connectivity index (χ2n) is 1.89. The molecule has 1 rings (SSSR count). The Labute approximate surface area is 79.0 Å². The van der Waals surface area contributed by atoms with Crippen LogP contribution >= 0.6 is 22.6 Å². The summed E-state index contributed by atoms with van der Waals surface area (Å²) in [7, 11) is 0. The van der Waals surface area contributed by atoms with Crippen LogP contribution in [0.1, 0.15) is 0 Å². The number of allylic oxidation sites excluding steroid dienone is 4. The normalized spacial score (nSPS) is 18.9. The van der Waals surface area contributed by atoms with Gasteiger partial charge in [-0.1, -0.05) is 0 Å². The number of hydrogen-bond acceptors (Lipinski definition) is 1. The Balaban J connectivity index is 3.23. The first-order chi connectivity index (χ1) is 5.54. The third-order valence-electron chi connectivity index (χ3n) is 1.11. The van der Waals surface area contributed by atoms with Gasteiger partial charge in [0, 0.05) is 6.20 Å². The summed E-state index contributed by atoms with van der Waals surface area (Å²) < 4.78 is 49.4. The molecule has 1 aliphatic heterocycles. The van der Waals surface area contributed by atoms with Crippen molar-refractivity contribution in [3.8, 4) is 0 Å². The molecule has 1 N–H and O–H groups in total. The number of nitrogens with one attached hydrogen (secondary N) is 1. The first-order valence-electron chi connectivity index (χ1n) is 2.77. The minimum absolute atomic E-state index is 0.545. The van der Waals surface area contributed by atoms with Crippen LogP contribution in [-0.4, -0.2) is 0 Å². The Morgan fingerprint density at radius 2 is 1.67 bits per heavy atom. The molecule has 0 atom stereocenters. The third kappa shape index (κ3) is 1.62. The van der Waals surface area contributed by atoms with Crippen LogP contribution in [-0.2, 0) is 0 Å². The molecule has 1 heterocycles. The van der Waals surface area contributed by atoms with E-state index in [1.807, 2.05) is 0 Å². The molecular weight excluding hydrogens is 289 g/mol. The number of hydrogen-bond donors (Lipinski definition) is 1. The summed E-state index contributed by atoms with van der Waals surface area (Å²) in [5.74, 6) is -5.83. The Morgan fingerprint density at radius 3 is 2.25 bits per heavy atom. The van der Waals surface area contributed by atoms with E-state index >= 15 is 0 Å². The topological polar surface area (TPSA) is 12.0 Å². The maximum atomic E-state index is 12.6. The molecule has 0 fully saturated rings. The smallest absolute Gasteiger partial charge is 0.230 e. The lowest BCUT2D eigenvalue weighted by Crippen LogP contribution is -2.00. The monoisotopic (exact) mass is 291 g/mol. The Bertz CT molecular complexity index is 305. The average Bonchev–Trinajstić information content (AvgIpc) is 2.14. The summed E-state index contributed by atoms with van der Waals surface area (Å²) in [5.41, 5.74) is 0. The lowest BCUT2D eigenvalue weighted by Gasteiger charge is -1.94. The molecule has 6 heteroatoms. The van der Waals surface area contributed by atoms with Crippen LogP contribution in [0.3, 0.4) is 0 Å². The number of rotatable bonds is 0. The van der Waals surface area contributed by atoms with E-state index in [0.717, 1.165) is 0 Å². The molecule has 0 bridgehead atoms. The SMILES string of the molecule is FC1=CNC(F)=C(F)C(F)=C1I. The van der Waals surface area contributed by atoms with Gasteiger partial charge in [0.05, 0.1) is 3.58 Å². The van der Waals surface area contributed by atoms with Crippen LogP contribution in [0.25, 0.3) is 0 Å². The second-order valence-corrected chi connectivity index (χ2v) is 2.97. The fourth-order valence-corrected chi connectivity index (χ4v) is 0.943. The van der Waals surface area contributed by atoms with Crippen LogP contribution in [0.5, 0.6) is 0 Å². The van der Waals surface area contributed by atoms with E-state index < -0.39 is 27.0 Å². The van der Waals surface area contributed by atoms with Crippen LogP contribution in [0.2, 0.25) is 0 Å². The zero-order valence-electron chi connectivity index (χ0n) is 5.47. The van der Waals surface area contributed by atoms with Crippen molar-refractivity contribution < 1.29 is 17.6 Å². The van der Waals surface area contributed by atoms with Crippen molar-refractivity contribution in [1.82, 2.24) is 5.32 Å². The maximum absolute atomic E-state index is 12.6. The van der Waals surface area contributed by atoms with Gasteiger partial charge >= 0.3 is 0 Å². The Kier molecular flexibility index (Phi) is 2.76. The van der Waals surface area contributed by atoms with Crippen molar-refractivity contribution in [3.63, 3.8) is 0 Å². The summed E-state index contributed by atoms with van der Waals surface area (Å²) in [6.07, 6.45) is 0.545. The molecule has 1 aliphatic rings. The summed E-state index contributed by atoms with van der Waals surface area (Å²) in [6, 6.07) is 0. The Morgan fingerprint density at radius 1 is 1.08 bits per heavy atom. The van der Waals surface area contributed by atoms with Crippen molar-refractivity contribution in [1.29, 1.82) is 0 Å². The summed E-state index contributed by atoms with van der Waals surface area (Å²) in [4.78, 5) is 0. The second kappa shape index (κ2) is 3.46. The van der Waals surface area contributed by atoms with Gasteiger partial charge in [-0.05, 0) is 22.6 Å². The molecular formula is C6H2F4IN. The lowest BCUT2D eigenvalue weighted by atomic mass is 10.4. The first-order valence-corrected chi connectivity index (χ1v) is 3.85. The van der Waals surface area contributed by atoms with Gasteiger partial charge < -0.3 is 5.32 Å². The maximum Gasteiger partial charge on any atom is 0.230 e. The van der Waals surface area contributed by atoms with Crippen molar-refractivity contribution in [3.05, 3.63) is 33.2 Å². The lowest BCUT2D eigenvalue weighted by molar-refractivity contribution is 0.475. The summed E-state index contributed by atoms with van der Waals surface area (Å²) in [6.45, 7) is 0. The van der Waals surface area contributed by atoms with Crippen molar-refractivity contribution in [2.75, 3.05) is 0 Å². The molecule has 0 aromatic heterocycles. The minimum atomic E-state index is -1.72. The van der Waals surface area contributed by atoms with E-state index in [-0.39, 0.29) is 0 Å². The molecule has 0 unspecified atom stereocenters. The van der Waals surface area contributed by atoms with E-state index in [4.69, 9.17) is 0 Å². The van der Waals surface area contributed by atoms with Gasteiger partial charge in [-0.2, -0.15) is 8.78 Å². The predicted molar refractivity (Wildman–Crippen MR) is 43.7 cm³/mol. The van der Waals surface area contributed by atoms with Gasteiger partial charge in [-0.25, -0.2) is 8.78 Å². The molecule has 0 aromatic carbocycles. The fraction of sp³-hybridized carbons (Fsp3) is 0. The molecule has 0 saturated carbocycles. The molecule has 12 heavy (non-hydrogen) atoms. The Hall–Kier alpha value is -0.530. The molecule has 1 nitrogen and oxygen atoms in total. The third-order valence-corrected chi connectivity index (χ3v) is 2.10. The molecule has 0 radical (unpaired) electrons. The van der Waals surface area contributed by atoms with Crippen molar-refractivity contribution in [2.24, 2.45) is 0 Å². The molecule has 0 saturated heterocycles. The molecule has 0 amide bonds. The standard InChI is InChI=1S/C6H2F4IN/c7-2-1-12-6(10)4(9)3(8)5(2)11/h1,12H. The van der Waals surface area contributed by atoms with Gasteiger partial charge in [0.15, 0.2) is 11.7 Å². The highest BCUT2D eigenvalue weighted by Gasteiger charge is 2.20. The largest absolute Gasteiger partial charge is 0.333 e. The van der Waals surface area contributed by atoms with Crippen molar-refractivity contribution >= 4 is 22.6 Å². The fourth-order valence-electron chi connectivity index (χ4n) is 0.551. The average molecular weight is 291 g/mol. The van der Waals surface area contributed by atoms with Gasteiger partial charge in [0.2, 0.25) is 11.8 Å². The molecule has 0 aromatic rings. The van der Waals surface area contributed by atoms with Crippen molar-refractivity contribution in [2.45, 2.75) is 0 Å². The van der Waals surface area contributed by atoms with Gasteiger partial charge in [-0.15, -0.1) is 0 Å². The highest BCUT2D eigenvalue weighted by atomic mass is 127. The van der Waals surface area contributed by atoms with Crippen LogP contribution < -0.4 is 5.32 Å². The van der Waals surface area contributed by atoms with Crippen LogP contribution in [0, 0.1) is 0 Å². The van der Waals surface area contributed by atoms with E-state index in [9.17, 15) is 17.6 Å². The minimum Gasteiger partial charge on any atom is -0.333 e. The highest BCUT2D eigenvalue weighted by molar-refractivity contribution is 14.1. The van der Waals surface area contributed by atoms with E-state index in [0.29, 0.717) is 6.20 Å².